The average Bonchev–Trinajstić information content (AvgIpc) is 3.51. The predicted molar refractivity (Wildman–Crippen MR) is 118 cm³/mol. The Bertz CT molecular complexity index is 1210. The van der Waals surface area contributed by atoms with Crippen LogP contribution in [0, 0.1) is 28.1 Å². The largest absolute Gasteiger partial charge is 0.468 e. The summed E-state index contributed by atoms with van der Waals surface area (Å²) in [6, 6.07) is 0. The van der Waals surface area contributed by atoms with E-state index in [1.54, 1.807) is 27.7 Å². The molecule has 0 bridgehead atoms. The molecule has 0 radical (unpaired) electrons. The number of rotatable bonds is 1. The molecule has 194 valence electrons. The van der Waals surface area contributed by atoms with Gasteiger partial charge in [0.25, 0.3) is 0 Å². The number of methoxy groups -OCH3 is 1. The van der Waals surface area contributed by atoms with Gasteiger partial charge >= 0.3 is 17.9 Å². The first-order valence-corrected chi connectivity index (χ1v) is 12.4. The molecule has 5 aliphatic heterocycles. The van der Waals surface area contributed by atoms with E-state index in [1.165, 1.54) is 13.2 Å². The molecule has 1 N–H and O–H groups in total. The van der Waals surface area contributed by atoms with Gasteiger partial charge in [0.15, 0.2) is 0 Å². The maximum atomic E-state index is 14.1. The third-order valence-electron chi connectivity index (χ3n) is 10.5. The van der Waals surface area contributed by atoms with Gasteiger partial charge in [-0.3, -0.25) is 9.59 Å². The van der Waals surface area contributed by atoms with Gasteiger partial charge in [0, 0.05) is 23.0 Å². The van der Waals surface area contributed by atoms with Gasteiger partial charge in [0.2, 0.25) is 12.1 Å². The van der Waals surface area contributed by atoms with Crippen molar-refractivity contribution in [2.45, 2.75) is 76.5 Å². The van der Waals surface area contributed by atoms with Crippen LogP contribution < -0.4 is 0 Å². The van der Waals surface area contributed by atoms with Crippen LogP contribution in [0.25, 0.3) is 0 Å². The molecule has 0 amide bonds. The minimum absolute atomic E-state index is 0.282. The number of esters is 3. The van der Waals surface area contributed by atoms with Gasteiger partial charge in [0.1, 0.15) is 22.7 Å². The first-order chi connectivity index (χ1) is 16.7. The quantitative estimate of drug-likeness (QED) is 0.317. The predicted octanol–water partition coefficient (Wildman–Crippen LogP) is 1.15. The highest BCUT2D eigenvalue weighted by molar-refractivity contribution is 5.90. The first-order valence-electron chi connectivity index (χ1n) is 12.4. The van der Waals surface area contributed by atoms with Gasteiger partial charge in [-0.15, -0.1) is 0 Å². The highest BCUT2D eigenvalue weighted by Gasteiger charge is 2.92. The lowest BCUT2D eigenvalue weighted by molar-refractivity contribution is -0.376. The van der Waals surface area contributed by atoms with Gasteiger partial charge in [-0.05, 0) is 45.8 Å². The van der Waals surface area contributed by atoms with E-state index in [1.807, 2.05) is 13.0 Å². The third kappa shape index (κ3) is 2.02. The number of hydrogen-bond donors (Lipinski definition) is 1. The lowest BCUT2D eigenvalue weighted by Crippen LogP contribution is -2.76. The number of hydrogen-bond acceptors (Lipinski definition) is 10. The number of ether oxygens (including phenoxy) is 6. The van der Waals surface area contributed by atoms with Gasteiger partial charge < -0.3 is 33.5 Å². The van der Waals surface area contributed by atoms with Gasteiger partial charge in [0.05, 0.1) is 31.2 Å². The molecular formula is C26H30O10. The molecular weight excluding hydrogens is 472 g/mol. The summed E-state index contributed by atoms with van der Waals surface area (Å²) in [7, 11) is 1.27. The van der Waals surface area contributed by atoms with Crippen molar-refractivity contribution in [3.8, 4) is 0 Å². The molecule has 7 aliphatic rings. The highest BCUT2D eigenvalue weighted by Crippen LogP contribution is 2.80. The van der Waals surface area contributed by atoms with E-state index in [2.05, 4.69) is 0 Å². The molecule has 2 unspecified atom stereocenters. The fourth-order valence-corrected chi connectivity index (χ4v) is 8.91. The molecule has 1 saturated carbocycles. The summed E-state index contributed by atoms with van der Waals surface area (Å²) in [6.07, 6.45) is 0.704. The van der Waals surface area contributed by atoms with Crippen molar-refractivity contribution in [1.82, 2.24) is 0 Å². The smallest absolute Gasteiger partial charge is 0.332 e. The van der Waals surface area contributed by atoms with Crippen LogP contribution in [0.5, 0.6) is 0 Å². The Labute approximate surface area is 207 Å². The second-order valence-corrected chi connectivity index (χ2v) is 12.3. The maximum absolute atomic E-state index is 14.1. The van der Waals surface area contributed by atoms with E-state index < -0.39 is 81.5 Å². The Morgan fingerprint density at radius 3 is 2.50 bits per heavy atom. The summed E-state index contributed by atoms with van der Waals surface area (Å²) in [4.78, 5) is 40.3. The fraction of sp³-hybridized carbons (Fsp3) is 0.731. The molecule has 5 heterocycles. The Balaban J connectivity index is 1.61. The van der Waals surface area contributed by atoms with E-state index in [9.17, 15) is 19.5 Å². The number of epoxide rings is 1. The molecule has 5 fully saturated rings. The van der Waals surface area contributed by atoms with E-state index in [0.29, 0.717) is 11.1 Å². The fourth-order valence-electron chi connectivity index (χ4n) is 8.91. The van der Waals surface area contributed by atoms with Crippen LogP contribution >= 0.6 is 0 Å². The number of aliphatic hydroxyl groups is 1. The van der Waals surface area contributed by atoms with E-state index in [0.717, 1.165) is 0 Å². The highest BCUT2D eigenvalue weighted by atomic mass is 16.7. The number of carbonyl (C=O) groups excluding carboxylic acids is 3. The summed E-state index contributed by atoms with van der Waals surface area (Å²) in [5.41, 5.74) is -4.67. The van der Waals surface area contributed by atoms with E-state index in [4.69, 9.17) is 28.4 Å². The van der Waals surface area contributed by atoms with Crippen molar-refractivity contribution in [2.75, 3.05) is 13.7 Å². The summed E-state index contributed by atoms with van der Waals surface area (Å²) in [5, 5.41) is 12.4. The number of carbonyl (C=O) groups is 3. The molecule has 0 aromatic heterocycles. The van der Waals surface area contributed by atoms with Gasteiger partial charge in [-0.1, -0.05) is 6.92 Å². The molecule has 2 aliphatic carbocycles. The Hall–Kier alpha value is -2.27. The van der Waals surface area contributed by atoms with Crippen molar-refractivity contribution < 1.29 is 47.9 Å². The van der Waals surface area contributed by atoms with Crippen molar-refractivity contribution in [1.29, 1.82) is 0 Å². The average molecular weight is 503 g/mol. The van der Waals surface area contributed by atoms with Crippen LogP contribution in [0.1, 0.15) is 41.0 Å². The topological polar surface area (TPSA) is 130 Å². The van der Waals surface area contributed by atoms with E-state index >= 15 is 0 Å². The molecule has 1 spiro atoms. The summed E-state index contributed by atoms with van der Waals surface area (Å²) in [5.74, 6) is -5.19. The maximum Gasteiger partial charge on any atom is 0.332 e. The number of fused-ring (bicyclic) bond motifs is 3. The molecule has 7 rings (SSSR count). The Kier molecular flexibility index (Phi) is 3.85. The van der Waals surface area contributed by atoms with Gasteiger partial charge in [-0.25, -0.2) is 4.79 Å². The van der Waals surface area contributed by atoms with Crippen LogP contribution in [0.3, 0.4) is 0 Å². The molecule has 4 saturated heterocycles. The lowest BCUT2D eigenvalue weighted by Gasteiger charge is -2.63. The first kappa shape index (κ1) is 22.9. The summed E-state index contributed by atoms with van der Waals surface area (Å²) in [6.45, 7) is 9.13. The molecule has 10 heteroatoms. The molecule has 0 aromatic carbocycles. The van der Waals surface area contributed by atoms with Crippen LogP contribution in [0.4, 0.5) is 0 Å². The lowest BCUT2D eigenvalue weighted by atomic mass is 9.38. The van der Waals surface area contributed by atoms with Crippen molar-refractivity contribution in [3.63, 3.8) is 0 Å². The zero-order valence-electron chi connectivity index (χ0n) is 21.1. The minimum atomic E-state index is -2.13. The summed E-state index contributed by atoms with van der Waals surface area (Å²) < 4.78 is 35.6. The van der Waals surface area contributed by atoms with Crippen LogP contribution in [-0.4, -0.2) is 72.2 Å². The SMILES string of the molecule is COC(=O)[C@@]12[C@H]3[C@@H]4OC(=O)[C@@]3(C)C[C@@H]3[C@@]5(CO5)C5=CC(=O)OC(C)(C)C5=CC(OC1(O)[C@H](C)O4)[C@]32C. The zero-order chi connectivity index (χ0) is 25.8. The molecule has 0 aromatic rings. The Morgan fingerprint density at radius 2 is 1.86 bits per heavy atom. The van der Waals surface area contributed by atoms with Crippen molar-refractivity contribution in [2.24, 2.45) is 28.1 Å². The zero-order valence-corrected chi connectivity index (χ0v) is 21.1. The normalized spacial score (nSPS) is 54.9. The molecule has 10 nitrogen and oxygen atoms in total. The van der Waals surface area contributed by atoms with Gasteiger partial charge in [-0.2, -0.15) is 0 Å². The van der Waals surface area contributed by atoms with Crippen LogP contribution in [-0.2, 0) is 42.8 Å². The Morgan fingerprint density at radius 1 is 1.17 bits per heavy atom. The third-order valence-corrected chi connectivity index (χ3v) is 10.5. The van der Waals surface area contributed by atoms with E-state index in [-0.39, 0.29) is 13.0 Å². The molecule has 10 atom stereocenters. The van der Waals surface area contributed by atoms with Crippen molar-refractivity contribution in [3.05, 3.63) is 23.3 Å². The summed E-state index contributed by atoms with van der Waals surface area (Å²) >= 11 is 0. The second kappa shape index (κ2) is 6.06. The van der Waals surface area contributed by atoms with Crippen molar-refractivity contribution >= 4 is 17.9 Å². The second-order valence-electron chi connectivity index (χ2n) is 12.3. The minimum Gasteiger partial charge on any atom is -0.468 e. The van der Waals surface area contributed by atoms with Crippen LogP contribution in [0.2, 0.25) is 0 Å². The molecule has 36 heavy (non-hydrogen) atoms. The standard InChI is InChI=1S/C26H30O10/c1-11-26(30)25(20(29)31-6)17-18(33-11)34-19(28)22(17,4)9-14-23(25,5)15(35-26)7-12-13(24(14)10-32-24)8-16(27)36-21(12,2)3/h7-8,11,14-15,17-18,30H,9-10H2,1-6H3/t11-,14-,15?,17-,18-,22-,23-,24+,25+,26?/m0/s1. The van der Waals surface area contributed by atoms with Crippen LogP contribution in [0.15, 0.2) is 23.3 Å². The number of cyclic esters (lactones) is 1. The monoisotopic (exact) mass is 502 g/mol.